The number of hydrogen-bond donors (Lipinski definition) is 4. The number of carbonyl (C=O) groups excluding carboxylic acids is 1. The van der Waals surface area contributed by atoms with Gasteiger partial charge in [-0.3, -0.25) is 9.59 Å². The molecule has 0 bridgehead atoms. The van der Waals surface area contributed by atoms with Crippen LogP contribution in [0.4, 0.5) is 11.4 Å². The zero-order valence-corrected chi connectivity index (χ0v) is 8.43. The number of aliphatic carboxylic acids is 1. The third-order valence-electron chi connectivity index (χ3n) is 1.88. The topological polar surface area (TPSA) is 113 Å². The van der Waals surface area contributed by atoms with Gasteiger partial charge in [-0.2, -0.15) is 0 Å². The van der Waals surface area contributed by atoms with E-state index in [4.69, 9.17) is 10.8 Å². The Hall–Kier alpha value is -2.24. The Kier molecular flexibility index (Phi) is 3.71. The number of hydrogen-bond acceptors (Lipinski definition) is 4. The van der Waals surface area contributed by atoms with Gasteiger partial charge in [-0.1, -0.05) is 0 Å². The van der Waals surface area contributed by atoms with E-state index >= 15 is 0 Å². The van der Waals surface area contributed by atoms with Gasteiger partial charge in [0, 0.05) is 18.2 Å². The van der Waals surface area contributed by atoms with E-state index in [0.29, 0.717) is 5.69 Å². The van der Waals surface area contributed by atoms with Crippen molar-refractivity contribution in [3.63, 3.8) is 0 Å². The maximum Gasteiger partial charge on any atom is 0.303 e. The van der Waals surface area contributed by atoms with Crippen molar-refractivity contribution in [1.82, 2.24) is 0 Å². The number of nitrogens with one attached hydrogen (secondary N) is 1. The fourth-order valence-electron chi connectivity index (χ4n) is 1.07. The molecule has 0 radical (unpaired) electrons. The molecule has 0 aliphatic rings. The van der Waals surface area contributed by atoms with Gasteiger partial charge in [-0.15, -0.1) is 0 Å². The Morgan fingerprint density at radius 3 is 2.56 bits per heavy atom. The van der Waals surface area contributed by atoms with E-state index in [2.05, 4.69) is 5.32 Å². The van der Waals surface area contributed by atoms with Crippen molar-refractivity contribution in [1.29, 1.82) is 0 Å². The van der Waals surface area contributed by atoms with Crippen LogP contribution in [0.5, 0.6) is 5.75 Å². The van der Waals surface area contributed by atoms with E-state index < -0.39 is 11.9 Å². The van der Waals surface area contributed by atoms with Crippen LogP contribution in [-0.2, 0) is 9.59 Å². The lowest BCUT2D eigenvalue weighted by Gasteiger charge is -2.05. The number of carbonyl (C=O) groups is 2. The molecule has 0 atom stereocenters. The van der Waals surface area contributed by atoms with E-state index in [1.165, 1.54) is 18.2 Å². The Labute approximate surface area is 91.7 Å². The molecule has 1 aromatic carbocycles. The average molecular weight is 224 g/mol. The fourth-order valence-corrected chi connectivity index (χ4v) is 1.07. The molecule has 0 unspecified atom stereocenters. The number of nitrogens with two attached hydrogens (primary N) is 1. The number of phenols is 1. The van der Waals surface area contributed by atoms with Crippen LogP contribution in [0.1, 0.15) is 12.8 Å². The lowest BCUT2D eigenvalue weighted by molar-refractivity contribution is -0.138. The third kappa shape index (κ3) is 3.49. The van der Waals surface area contributed by atoms with Crippen LogP contribution in [-0.4, -0.2) is 22.1 Å². The second-order valence-corrected chi connectivity index (χ2v) is 3.22. The number of carboxylic acids is 1. The minimum atomic E-state index is -1.03. The summed E-state index contributed by atoms with van der Waals surface area (Å²) in [4.78, 5) is 21.4. The third-order valence-corrected chi connectivity index (χ3v) is 1.88. The molecular formula is C10H12N2O4. The number of rotatable bonds is 4. The van der Waals surface area contributed by atoms with Gasteiger partial charge >= 0.3 is 5.97 Å². The molecular weight excluding hydrogens is 212 g/mol. The molecule has 0 aliphatic carbocycles. The summed E-state index contributed by atoms with van der Waals surface area (Å²) in [6.07, 6.45) is -0.340. The van der Waals surface area contributed by atoms with Gasteiger partial charge in [0.25, 0.3) is 0 Å². The zero-order chi connectivity index (χ0) is 12.1. The highest BCUT2D eigenvalue weighted by Gasteiger charge is 2.06. The second-order valence-electron chi connectivity index (χ2n) is 3.22. The maximum atomic E-state index is 11.2. The van der Waals surface area contributed by atoms with Crippen molar-refractivity contribution in [2.75, 3.05) is 11.1 Å². The number of amides is 1. The largest absolute Gasteiger partial charge is 0.506 e. The average Bonchev–Trinajstić information content (AvgIpc) is 2.21. The van der Waals surface area contributed by atoms with Crippen molar-refractivity contribution >= 4 is 23.3 Å². The van der Waals surface area contributed by atoms with Crippen LogP contribution in [0.2, 0.25) is 0 Å². The number of benzene rings is 1. The maximum absolute atomic E-state index is 11.2. The normalized spacial score (nSPS) is 9.75. The van der Waals surface area contributed by atoms with Gasteiger partial charge in [0.1, 0.15) is 5.75 Å². The zero-order valence-electron chi connectivity index (χ0n) is 8.43. The van der Waals surface area contributed by atoms with E-state index in [0.717, 1.165) is 0 Å². The van der Waals surface area contributed by atoms with Crippen LogP contribution < -0.4 is 11.1 Å². The highest BCUT2D eigenvalue weighted by molar-refractivity contribution is 5.92. The Morgan fingerprint density at radius 2 is 2.00 bits per heavy atom. The summed E-state index contributed by atoms with van der Waals surface area (Å²) in [6.45, 7) is 0. The summed E-state index contributed by atoms with van der Waals surface area (Å²) >= 11 is 0. The molecule has 0 aliphatic heterocycles. The van der Waals surface area contributed by atoms with Crippen LogP contribution >= 0.6 is 0 Å². The molecule has 1 aromatic rings. The minimum absolute atomic E-state index is 0.111. The van der Waals surface area contributed by atoms with Gasteiger partial charge < -0.3 is 21.3 Å². The standard InChI is InChI=1S/C10H12N2O4/c11-7-2-1-6(5-8(7)13)12-9(14)3-4-10(15)16/h1-2,5,13H,3-4,11H2,(H,12,14)(H,15,16). The van der Waals surface area contributed by atoms with Gasteiger partial charge in [0.2, 0.25) is 5.91 Å². The van der Waals surface area contributed by atoms with Crippen molar-refractivity contribution in [2.24, 2.45) is 0 Å². The van der Waals surface area contributed by atoms with Crippen LogP contribution in [0.3, 0.4) is 0 Å². The molecule has 0 spiro atoms. The summed E-state index contributed by atoms with van der Waals surface area (Å²) in [6, 6.07) is 4.27. The first-order valence-corrected chi connectivity index (χ1v) is 4.59. The van der Waals surface area contributed by atoms with Gasteiger partial charge in [0.15, 0.2) is 0 Å². The highest BCUT2D eigenvalue weighted by atomic mass is 16.4. The molecule has 6 heteroatoms. The second kappa shape index (κ2) is 5.01. The molecule has 6 nitrogen and oxygen atoms in total. The minimum Gasteiger partial charge on any atom is -0.506 e. The van der Waals surface area contributed by atoms with E-state index in [9.17, 15) is 14.7 Å². The van der Waals surface area contributed by atoms with Gasteiger partial charge in [-0.25, -0.2) is 0 Å². The quantitative estimate of drug-likeness (QED) is 0.446. The smallest absolute Gasteiger partial charge is 0.303 e. The van der Waals surface area contributed by atoms with E-state index in [1.54, 1.807) is 0 Å². The Morgan fingerprint density at radius 1 is 1.31 bits per heavy atom. The van der Waals surface area contributed by atoms with E-state index in [-0.39, 0.29) is 24.3 Å². The molecule has 0 aromatic heterocycles. The lowest BCUT2D eigenvalue weighted by atomic mass is 10.2. The van der Waals surface area contributed by atoms with Crippen LogP contribution in [0.15, 0.2) is 18.2 Å². The van der Waals surface area contributed by atoms with Crippen LogP contribution in [0, 0.1) is 0 Å². The summed E-state index contributed by atoms with van der Waals surface area (Å²) < 4.78 is 0. The molecule has 0 heterocycles. The summed E-state index contributed by atoms with van der Waals surface area (Å²) in [7, 11) is 0. The summed E-state index contributed by atoms with van der Waals surface area (Å²) in [5, 5.41) is 20.1. The number of phenolic OH excluding ortho intramolecular Hbond substituents is 1. The lowest BCUT2D eigenvalue weighted by Crippen LogP contribution is -2.13. The first-order valence-electron chi connectivity index (χ1n) is 4.59. The first kappa shape index (κ1) is 11.8. The van der Waals surface area contributed by atoms with Crippen molar-refractivity contribution in [2.45, 2.75) is 12.8 Å². The molecule has 1 amide bonds. The predicted molar refractivity (Wildman–Crippen MR) is 58.0 cm³/mol. The van der Waals surface area contributed by atoms with Crippen LogP contribution in [0.25, 0.3) is 0 Å². The predicted octanol–water partition coefficient (Wildman–Crippen LogP) is 0.778. The van der Waals surface area contributed by atoms with Gasteiger partial charge in [0.05, 0.1) is 12.1 Å². The van der Waals surface area contributed by atoms with E-state index in [1.807, 2.05) is 0 Å². The SMILES string of the molecule is Nc1ccc(NC(=O)CCC(=O)O)cc1O. The van der Waals surface area contributed by atoms with Crippen molar-refractivity contribution < 1.29 is 19.8 Å². The number of aromatic hydroxyl groups is 1. The monoisotopic (exact) mass is 224 g/mol. The summed E-state index contributed by atoms with van der Waals surface area (Å²) in [5.74, 6) is -1.59. The molecule has 0 saturated carbocycles. The first-order chi connectivity index (χ1) is 7.49. The van der Waals surface area contributed by atoms with Crippen molar-refractivity contribution in [3.05, 3.63) is 18.2 Å². The molecule has 16 heavy (non-hydrogen) atoms. The fraction of sp³-hybridized carbons (Fsp3) is 0.200. The molecule has 86 valence electrons. The Balaban J connectivity index is 2.56. The van der Waals surface area contributed by atoms with Crippen molar-refractivity contribution in [3.8, 4) is 5.75 Å². The molecule has 0 saturated heterocycles. The molecule has 5 N–H and O–H groups in total. The number of nitrogen functional groups attached to an aromatic ring is 1. The van der Waals surface area contributed by atoms with Gasteiger partial charge in [-0.05, 0) is 12.1 Å². The number of anilines is 2. The summed E-state index contributed by atoms with van der Waals surface area (Å²) in [5.41, 5.74) is 5.97. The highest BCUT2D eigenvalue weighted by Crippen LogP contribution is 2.23. The Bertz CT molecular complexity index is 417. The number of carboxylic acid groups (broad SMARTS) is 1. The molecule has 1 rings (SSSR count). The molecule has 0 fully saturated rings.